The highest BCUT2D eigenvalue weighted by atomic mass is 14.3. The smallest absolute Gasteiger partial charge is 0.0297 e. The first-order valence-electron chi connectivity index (χ1n) is 17.2. The SMILES string of the molecule is CCCCCCCCCC[C@@](CCCCCCC)(CCCCCCCC)CCCCCCCCC. The molecular weight excluding hydrogens is 420 g/mol. The largest absolute Gasteiger partial charge is 0.0654 e. The van der Waals surface area contributed by atoms with Crippen molar-refractivity contribution < 1.29 is 0 Å². The van der Waals surface area contributed by atoms with E-state index >= 15 is 0 Å². The maximum atomic E-state index is 2.35. The predicted molar refractivity (Wildman–Crippen MR) is 164 cm³/mol. The van der Waals surface area contributed by atoms with Gasteiger partial charge < -0.3 is 0 Å². The van der Waals surface area contributed by atoms with Crippen LogP contribution < -0.4 is 0 Å². The van der Waals surface area contributed by atoms with Gasteiger partial charge in [0.1, 0.15) is 0 Å². The van der Waals surface area contributed by atoms with Gasteiger partial charge in [-0.05, 0) is 31.1 Å². The van der Waals surface area contributed by atoms with Crippen LogP contribution in [0, 0.1) is 5.41 Å². The van der Waals surface area contributed by atoms with Crippen LogP contribution in [0.15, 0.2) is 0 Å². The zero-order valence-corrected chi connectivity index (χ0v) is 25.7. The van der Waals surface area contributed by atoms with Crippen molar-refractivity contribution in [3.05, 3.63) is 0 Å². The highest BCUT2D eigenvalue weighted by molar-refractivity contribution is 4.80. The number of unbranched alkanes of at least 4 members (excludes halogenated alkanes) is 22. The van der Waals surface area contributed by atoms with Crippen molar-refractivity contribution in [2.75, 3.05) is 0 Å². The minimum absolute atomic E-state index is 0.683. The summed E-state index contributed by atoms with van der Waals surface area (Å²) in [6, 6.07) is 0. The van der Waals surface area contributed by atoms with Gasteiger partial charge in [-0.2, -0.15) is 0 Å². The molecule has 0 aliphatic heterocycles. The Bertz CT molecular complexity index is 372. The molecule has 0 heterocycles. The monoisotopic (exact) mass is 493 g/mol. The Hall–Kier alpha value is 0. The first kappa shape index (κ1) is 35.0. The molecule has 0 radical (unpaired) electrons. The normalized spacial score (nSPS) is 13.4. The Morgan fingerprint density at radius 2 is 0.400 bits per heavy atom. The van der Waals surface area contributed by atoms with Crippen molar-refractivity contribution in [1.82, 2.24) is 0 Å². The second-order valence-electron chi connectivity index (χ2n) is 12.3. The van der Waals surface area contributed by atoms with Crippen molar-refractivity contribution in [3.63, 3.8) is 0 Å². The summed E-state index contributed by atoms with van der Waals surface area (Å²) >= 11 is 0. The Balaban J connectivity index is 4.72. The highest BCUT2D eigenvalue weighted by Gasteiger charge is 2.28. The molecule has 0 spiro atoms. The summed E-state index contributed by atoms with van der Waals surface area (Å²) in [7, 11) is 0. The van der Waals surface area contributed by atoms with Gasteiger partial charge in [-0.3, -0.25) is 0 Å². The minimum atomic E-state index is 0.683. The van der Waals surface area contributed by atoms with Crippen molar-refractivity contribution >= 4 is 0 Å². The Kier molecular flexibility index (Phi) is 28.6. The van der Waals surface area contributed by atoms with E-state index in [-0.39, 0.29) is 0 Å². The molecule has 0 aliphatic carbocycles. The lowest BCUT2D eigenvalue weighted by Crippen LogP contribution is -2.21. The van der Waals surface area contributed by atoms with Crippen LogP contribution >= 0.6 is 0 Å². The molecule has 0 nitrogen and oxygen atoms in total. The van der Waals surface area contributed by atoms with Gasteiger partial charge in [-0.1, -0.05) is 195 Å². The van der Waals surface area contributed by atoms with Crippen LogP contribution in [-0.4, -0.2) is 0 Å². The van der Waals surface area contributed by atoms with Crippen LogP contribution in [-0.2, 0) is 0 Å². The molecule has 0 N–H and O–H groups in total. The molecule has 1 atom stereocenters. The summed E-state index contributed by atoms with van der Waals surface area (Å²) in [4.78, 5) is 0. The third kappa shape index (κ3) is 24.1. The summed E-state index contributed by atoms with van der Waals surface area (Å²) in [6.07, 6.45) is 44.2. The first-order chi connectivity index (χ1) is 17.2. The number of hydrogen-bond acceptors (Lipinski definition) is 0. The molecule has 0 rings (SSSR count). The second-order valence-corrected chi connectivity index (χ2v) is 12.3. The predicted octanol–water partition coefficient (Wildman–Crippen LogP) is 13.8. The Morgan fingerprint density at radius 3 is 0.600 bits per heavy atom. The number of hydrogen-bond donors (Lipinski definition) is 0. The molecule has 0 unspecified atom stereocenters. The van der Waals surface area contributed by atoms with Crippen molar-refractivity contribution in [2.24, 2.45) is 5.41 Å². The van der Waals surface area contributed by atoms with Gasteiger partial charge in [0.2, 0.25) is 0 Å². The summed E-state index contributed by atoms with van der Waals surface area (Å²) < 4.78 is 0. The summed E-state index contributed by atoms with van der Waals surface area (Å²) in [5.41, 5.74) is 0.683. The van der Waals surface area contributed by atoms with Gasteiger partial charge in [0.05, 0.1) is 0 Å². The standard InChI is InChI=1S/C35H72/c1-5-9-13-17-20-22-26-30-34-35(31-27-23-16-12-8-4,32-28-24-19-15-11-7-3)33-29-25-21-18-14-10-6-2/h5-34H2,1-4H3/t35-/m0/s1. The van der Waals surface area contributed by atoms with E-state index in [0.717, 1.165) is 0 Å². The zero-order chi connectivity index (χ0) is 25.7. The summed E-state index contributed by atoms with van der Waals surface area (Å²) in [6.45, 7) is 9.36. The van der Waals surface area contributed by atoms with Crippen LogP contribution in [0.3, 0.4) is 0 Å². The lowest BCUT2D eigenvalue weighted by molar-refractivity contribution is 0.171. The van der Waals surface area contributed by atoms with E-state index in [1.54, 1.807) is 19.3 Å². The van der Waals surface area contributed by atoms with E-state index in [2.05, 4.69) is 27.7 Å². The molecule has 0 bridgehead atoms. The van der Waals surface area contributed by atoms with Crippen LogP contribution in [0.4, 0.5) is 0 Å². The molecular formula is C35H72. The first-order valence-corrected chi connectivity index (χ1v) is 17.2. The molecule has 212 valence electrons. The summed E-state index contributed by atoms with van der Waals surface area (Å²) in [5.74, 6) is 0. The molecule has 0 saturated carbocycles. The van der Waals surface area contributed by atoms with E-state index in [1.165, 1.54) is 173 Å². The van der Waals surface area contributed by atoms with Crippen LogP contribution in [0.1, 0.15) is 220 Å². The van der Waals surface area contributed by atoms with Crippen LogP contribution in [0.25, 0.3) is 0 Å². The van der Waals surface area contributed by atoms with Gasteiger partial charge in [0.25, 0.3) is 0 Å². The second kappa shape index (κ2) is 28.6. The average Bonchev–Trinajstić information content (AvgIpc) is 2.87. The Morgan fingerprint density at radius 1 is 0.229 bits per heavy atom. The fraction of sp³-hybridized carbons (Fsp3) is 1.00. The van der Waals surface area contributed by atoms with Crippen molar-refractivity contribution in [2.45, 2.75) is 220 Å². The maximum absolute atomic E-state index is 2.35. The molecule has 0 aromatic rings. The number of rotatable bonds is 30. The van der Waals surface area contributed by atoms with Gasteiger partial charge in [0.15, 0.2) is 0 Å². The van der Waals surface area contributed by atoms with Crippen LogP contribution in [0.2, 0.25) is 0 Å². The van der Waals surface area contributed by atoms with Gasteiger partial charge >= 0.3 is 0 Å². The van der Waals surface area contributed by atoms with E-state index < -0.39 is 0 Å². The minimum Gasteiger partial charge on any atom is -0.0654 e. The van der Waals surface area contributed by atoms with E-state index in [1.807, 2.05) is 0 Å². The summed E-state index contributed by atoms with van der Waals surface area (Å²) in [5, 5.41) is 0. The fourth-order valence-corrected chi connectivity index (χ4v) is 6.22. The lowest BCUT2D eigenvalue weighted by atomic mass is 9.70. The van der Waals surface area contributed by atoms with Crippen molar-refractivity contribution in [3.8, 4) is 0 Å². The van der Waals surface area contributed by atoms with E-state index in [0.29, 0.717) is 5.41 Å². The van der Waals surface area contributed by atoms with Gasteiger partial charge in [-0.25, -0.2) is 0 Å². The van der Waals surface area contributed by atoms with Crippen molar-refractivity contribution in [1.29, 1.82) is 0 Å². The zero-order valence-electron chi connectivity index (χ0n) is 25.7. The Labute approximate surface area is 225 Å². The molecule has 0 heteroatoms. The molecule has 0 aromatic carbocycles. The molecule has 0 fully saturated rings. The molecule has 35 heavy (non-hydrogen) atoms. The van der Waals surface area contributed by atoms with Gasteiger partial charge in [0, 0.05) is 0 Å². The lowest BCUT2D eigenvalue weighted by Gasteiger charge is -2.35. The molecule has 0 amide bonds. The molecule has 0 aromatic heterocycles. The topological polar surface area (TPSA) is 0 Å². The highest BCUT2D eigenvalue weighted by Crippen LogP contribution is 2.42. The van der Waals surface area contributed by atoms with E-state index in [4.69, 9.17) is 0 Å². The third-order valence-corrected chi connectivity index (χ3v) is 8.74. The fourth-order valence-electron chi connectivity index (χ4n) is 6.22. The van der Waals surface area contributed by atoms with Gasteiger partial charge in [-0.15, -0.1) is 0 Å². The molecule has 0 saturated heterocycles. The van der Waals surface area contributed by atoms with E-state index in [9.17, 15) is 0 Å². The quantitative estimate of drug-likeness (QED) is 0.0874. The maximum Gasteiger partial charge on any atom is -0.0297 e. The van der Waals surface area contributed by atoms with Crippen LogP contribution in [0.5, 0.6) is 0 Å². The third-order valence-electron chi connectivity index (χ3n) is 8.74. The average molecular weight is 493 g/mol. The molecule has 0 aliphatic rings.